The highest BCUT2D eigenvalue weighted by Crippen LogP contribution is 2.31. The predicted molar refractivity (Wildman–Crippen MR) is 118 cm³/mol. The highest BCUT2D eigenvalue weighted by Gasteiger charge is 2.20. The average Bonchev–Trinajstić information content (AvgIpc) is 3.01. The number of hydrogen-bond acceptors (Lipinski definition) is 4. The number of carbonyl (C=O) groups is 1. The van der Waals surface area contributed by atoms with E-state index in [1.54, 1.807) is 11.3 Å². The summed E-state index contributed by atoms with van der Waals surface area (Å²) in [4.78, 5) is 21.8. The Balaban J connectivity index is 1.85. The fourth-order valence-corrected chi connectivity index (χ4v) is 4.53. The van der Waals surface area contributed by atoms with Gasteiger partial charge >= 0.3 is 0 Å². The SMILES string of the molecule is Cc1cccc(CC(=O)N(CCCN(C)C)c2nc3ccc(Br)cc3s2)c1. The largest absolute Gasteiger partial charge is 0.309 e. The first kappa shape index (κ1) is 20.0. The summed E-state index contributed by atoms with van der Waals surface area (Å²) in [6, 6.07) is 14.2. The van der Waals surface area contributed by atoms with Crippen LogP contribution in [0.4, 0.5) is 5.13 Å². The van der Waals surface area contributed by atoms with E-state index in [2.05, 4.69) is 33.0 Å². The first-order valence-electron chi connectivity index (χ1n) is 8.99. The van der Waals surface area contributed by atoms with Crippen LogP contribution in [-0.4, -0.2) is 43.0 Å². The van der Waals surface area contributed by atoms with Crippen LogP contribution in [0.3, 0.4) is 0 Å². The Kier molecular flexibility index (Phi) is 6.63. The molecule has 0 atom stereocenters. The maximum absolute atomic E-state index is 13.1. The van der Waals surface area contributed by atoms with Gasteiger partial charge in [0, 0.05) is 11.0 Å². The van der Waals surface area contributed by atoms with Gasteiger partial charge in [-0.3, -0.25) is 9.69 Å². The van der Waals surface area contributed by atoms with E-state index < -0.39 is 0 Å². The van der Waals surface area contributed by atoms with Gasteiger partial charge < -0.3 is 4.90 Å². The first-order valence-corrected chi connectivity index (χ1v) is 10.6. The second-order valence-electron chi connectivity index (χ2n) is 6.98. The molecule has 6 heteroatoms. The number of hydrogen-bond donors (Lipinski definition) is 0. The number of halogens is 1. The zero-order valence-corrected chi connectivity index (χ0v) is 18.3. The van der Waals surface area contributed by atoms with Crippen LogP contribution in [0.5, 0.6) is 0 Å². The fraction of sp³-hybridized carbons (Fsp3) is 0.333. The molecule has 1 aromatic heterocycles. The molecule has 3 aromatic rings. The highest BCUT2D eigenvalue weighted by atomic mass is 79.9. The smallest absolute Gasteiger partial charge is 0.233 e. The zero-order chi connectivity index (χ0) is 19.4. The van der Waals surface area contributed by atoms with Gasteiger partial charge in [0.05, 0.1) is 16.6 Å². The molecular formula is C21H24BrN3OS. The lowest BCUT2D eigenvalue weighted by atomic mass is 10.1. The third-order valence-corrected chi connectivity index (χ3v) is 5.83. The van der Waals surface area contributed by atoms with Crippen molar-refractivity contribution in [3.63, 3.8) is 0 Å². The average molecular weight is 446 g/mol. The Morgan fingerprint density at radius 3 is 2.70 bits per heavy atom. The second-order valence-corrected chi connectivity index (χ2v) is 8.90. The fourth-order valence-electron chi connectivity index (χ4n) is 2.97. The number of fused-ring (bicyclic) bond motifs is 1. The van der Waals surface area contributed by atoms with Crippen LogP contribution in [0.15, 0.2) is 46.9 Å². The van der Waals surface area contributed by atoms with Gasteiger partial charge in [0.25, 0.3) is 0 Å². The lowest BCUT2D eigenvalue weighted by molar-refractivity contribution is -0.118. The molecule has 1 heterocycles. The van der Waals surface area contributed by atoms with E-state index in [4.69, 9.17) is 4.98 Å². The van der Waals surface area contributed by atoms with Crippen molar-refractivity contribution in [2.45, 2.75) is 19.8 Å². The van der Waals surface area contributed by atoms with Crippen LogP contribution < -0.4 is 4.90 Å². The Bertz CT molecular complexity index is 938. The van der Waals surface area contributed by atoms with Crippen LogP contribution in [-0.2, 0) is 11.2 Å². The van der Waals surface area contributed by atoms with Crippen molar-refractivity contribution in [2.24, 2.45) is 0 Å². The van der Waals surface area contributed by atoms with Crippen molar-refractivity contribution in [1.29, 1.82) is 0 Å². The number of benzene rings is 2. The molecule has 0 saturated carbocycles. The number of aromatic nitrogens is 1. The summed E-state index contributed by atoms with van der Waals surface area (Å²) in [5.74, 6) is 0.0949. The minimum absolute atomic E-state index is 0.0949. The number of nitrogens with zero attached hydrogens (tertiary/aromatic N) is 3. The van der Waals surface area contributed by atoms with Gasteiger partial charge in [-0.05, 0) is 57.7 Å². The number of carbonyl (C=O) groups excluding carboxylic acids is 1. The number of rotatable bonds is 7. The molecule has 27 heavy (non-hydrogen) atoms. The van der Waals surface area contributed by atoms with Crippen LogP contribution in [0.2, 0.25) is 0 Å². The maximum atomic E-state index is 13.1. The maximum Gasteiger partial charge on any atom is 0.233 e. The van der Waals surface area contributed by atoms with Gasteiger partial charge in [-0.2, -0.15) is 0 Å². The van der Waals surface area contributed by atoms with E-state index in [0.717, 1.165) is 38.3 Å². The molecule has 0 bridgehead atoms. The van der Waals surface area contributed by atoms with Gasteiger partial charge in [-0.15, -0.1) is 0 Å². The monoisotopic (exact) mass is 445 g/mol. The summed E-state index contributed by atoms with van der Waals surface area (Å²) in [6.07, 6.45) is 1.30. The molecule has 0 aliphatic heterocycles. The van der Waals surface area contributed by atoms with E-state index >= 15 is 0 Å². The second kappa shape index (κ2) is 8.95. The topological polar surface area (TPSA) is 36.4 Å². The number of anilines is 1. The summed E-state index contributed by atoms with van der Waals surface area (Å²) in [6.45, 7) is 3.66. The summed E-state index contributed by atoms with van der Waals surface area (Å²) >= 11 is 5.08. The van der Waals surface area contributed by atoms with Gasteiger partial charge in [-0.1, -0.05) is 57.1 Å². The Morgan fingerprint density at radius 1 is 1.15 bits per heavy atom. The number of aryl methyl sites for hydroxylation is 1. The van der Waals surface area contributed by atoms with E-state index in [1.165, 1.54) is 5.56 Å². The third kappa shape index (κ3) is 5.37. The summed E-state index contributed by atoms with van der Waals surface area (Å²) in [5, 5.41) is 0.777. The Hall–Kier alpha value is -1.76. The van der Waals surface area contributed by atoms with E-state index in [0.29, 0.717) is 13.0 Å². The van der Waals surface area contributed by atoms with E-state index in [-0.39, 0.29) is 5.91 Å². The summed E-state index contributed by atoms with van der Waals surface area (Å²) < 4.78 is 2.11. The van der Waals surface area contributed by atoms with Gasteiger partial charge in [0.1, 0.15) is 0 Å². The van der Waals surface area contributed by atoms with Gasteiger partial charge in [0.15, 0.2) is 5.13 Å². The first-order chi connectivity index (χ1) is 12.9. The van der Waals surface area contributed by atoms with E-state index in [1.807, 2.05) is 56.3 Å². The van der Waals surface area contributed by atoms with Crippen LogP contribution in [0.25, 0.3) is 10.2 Å². The van der Waals surface area contributed by atoms with Gasteiger partial charge in [-0.25, -0.2) is 4.98 Å². The van der Waals surface area contributed by atoms with Crippen molar-refractivity contribution in [3.05, 3.63) is 58.1 Å². The summed E-state index contributed by atoms with van der Waals surface area (Å²) in [5.41, 5.74) is 3.14. The normalized spacial score (nSPS) is 11.3. The van der Waals surface area contributed by atoms with Crippen molar-refractivity contribution in [2.75, 3.05) is 32.1 Å². The molecule has 4 nitrogen and oxygen atoms in total. The molecule has 0 unspecified atom stereocenters. The molecule has 2 aromatic carbocycles. The minimum atomic E-state index is 0.0949. The van der Waals surface area contributed by atoms with Gasteiger partial charge in [0.2, 0.25) is 5.91 Å². The quantitative estimate of drug-likeness (QED) is 0.518. The van der Waals surface area contributed by atoms with Crippen molar-refractivity contribution >= 4 is 48.5 Å². The molecule has 0 saturated heterocycles. The zero-order valence-electron chi connectivity index (χ0n) is 15.9. The number of thiazole rings is 1. The lowest BCUT2D eigenvalue weighted by Gasteiger charge is -2.21. The van der Waals surface area contributed by atoms with Crippen molar-refractivity contribution in [3.8, 4) is 0 Å². The summed E-state index contributed by atoms with van der Waals surface area (Å²) in [7, 11) is 4.10. The molecule has 1 amide bonds. The van der Waals surface area contributed by atoms with E-state index in [9.17, 15) is 4.79 Å². The standard InChI is InChI=1S/C21H24BrN3OS/c1-15-6-4-7-16(12-15)13-20(26)25(11-5-10-24(2)3)21-23-18-9-8-17(22)14-19(18)27-21/h4,6-9,12,14H,5,10-11,13H2,1-3H3. The Morgan fingerprint density at radius 2 is 1.96 bits per heavy atom. The van der Waals surface area contributed by atoms with Crippen LogP contribution >= 0.6 is 27.3 Å². The van der Waals surface area contributed by atoms with Crippen molar-refractivity contribution < 1.29 is 4.79 Å². The lowest BCUT2D eigenvalue weighted by Crippen LogP contribution is -2.34. The van der Waals surface area contributed by atoms with Crippen molar-refractivity contribution in [1.82, 2.24) is 9.88 Å². The molecule has 142 valence electrons. The number of amides is 1. The molecule has 0 spiro atoms. The molecular weight excluding hydrogens is 422 g/mol. The molecule has 0 N–H and O–H groups in total. The third-order valence-electron chi connectivity index (χ3n) is 4.30. The molecule has 0 aliphatic rings. The molecule has 0 radical (unpaired) electrons. The highest BCUT2D eigenvalue weighted by molar-refractivity contribution is 9.10. The predicted octanol–water partition coefficient (Wildman–Crippen LogP) is 4.89. The van der Waals surface area contributed by atoms with Crippen LogP contribution in [0.1, 0.15) is 17.5 Å². The molecule has 0 fully saturated rings. The molecule has 3 rings (SSSR count). The Labute approximate surface area is 172 Å². The van der Waals surface area contributed by atoms with Crippen LogP contribution in [0, 0.1) is 6.92 Å². The minimum Gasteiger partial charge on any atom is -0.309 e. The molecule has 0 aliphatic carbocycles.